The number of benzene rings is 9. The van der Waals surface area contributed by atoms with Gasteiger partial charge in [0.25, 0.3) is 0 Å². The summed E-state index contributed by atoms with van der Waals surface area (Å²) in [5.41, 5.74) is 11.1. The van der Waals surface area contributed by atoms with Crippen LogP contribution in [0, 0.1) is 0 Å². The van der Waals surface area contributed by atoms with Crippen LogP contribution in [-0.4, -0.2) is 19.5 Å². The predicted octanol–water partition coefficient (Wildman–Crippen LogP) is 14.6. The minimum Gasteiger partial charge on any atom is -0.456 e. The van der Waals surface area contributed by atoms with E-state index in [1.807, 2.05) is 48.5 Å². The van der Waals surface area contributed by atoms with Crippen molar-refractivity contribution in [1.82, 2.24) is 19.5 Å². The Bertz CT molecular complexity index is 3900. The molecule has 61 heavy (non-hydrogen) atoms. The summed E-state index contributed by atoms with van der Waals surface area (Å²) in [6.07, 6.45) is 0. The maximum Gasteiger partial charge on any atom is 0.164 e. The van der Waals surface area contributed by atoms with Crippen LogP contribution < -0.4 is 0 Å². The molecule has 4 aromatic heterocycles. The Labute approximate surface area is 348 Å². The lowest BCUT2D eigenvalue weighted by Gasteiger charge is -2.13. The van der Waals surface area contributed by atoms with Gasteiger partial charge in [-0.05, 0) is 76.5 Å². The first-order valence-corrected chi connectivity index (χ1v) is 20.4. The Balaban J connectivity index is 1.10. The molecule has 0 aliphatic carbocycles. The summed E-state index contributed by atoms with van der Waals surface area (Å²) in [6.45, 7) is 0. The quantitative estimate of drug-likeness (QED) is 0.174. The molecule has 0 bridgehead atoms. The third-order valence-corrected chi connectivity index (χ3v) is 12.0. The predicted molar refractivity (Wildman–Crippen MR) is 248 cm³/mol. The van der Waals surface area contributed by atoms with Crippen molar-refractivity contribution in [2.24, 2.45) is 0 Å². The van der Waals surface area contributed by atoms with Gasteiger partial charge in [0.1, 0.15) is 16.7 Å². The molecule has 0 amide bonds. The molecule has 0 radical (unpaired) electrons. The van der Waals surface area contributed by atoms with Gasteiger partial charge in [0.15, 0.2) is 23.1 Å². The van der Waals surface area contributed by atoms with E-state index in [0.29, 0.717) is 17.5 Å². The van der Waals surface area contributed by atoms with Crippen LogP contribution in [0.3, 0.4) is 0 Å². The Kier molecular flexibility index (Phi) is 7.21. The highest BCUT2D eigenvalue weighted by Gasteiger charge is 2.24. The average molecular weight is 781 g/mol. The number of hydrogen-bond acceptors (Lipinski definition) is 5. The summed E-state index contributed by atoms with van der Waals surface area (Å²) in [4.78, 5) is 16.0. The molecule has 0 unspecified atom stereocenters. The van der Waals surface area contributed by atoms with Gasteiger partial charge in [-0.25, -0.2) is 15.0 Å². The van der Waals surface area contributed by atoms with Gasteiger partial charge in [-0.1, -0.05) is 140 Å². The Morgan fingerprint density at radius 1 is 0.344 bits per heavy atom. The van der Waals surface area contributed by atoms with Gasteiger partial charge in [0, 0.05) is 49.0 Å². The highest BCUT2D eigenvalue weighted by Crippen LogP contribution is 2.44. The van der Waals surface area contributed by atoms with E-state index in [2.05, 4.69) is 150 Å². The number of fused-ring (bicyclic) bond motifs is 10. The molecule has 0 aliphatic rings. The van der Waals surface area contributed by atoms with E-state index < -0.39 is 0 Å². The van der Waals surface area contributed by atoms with Crippen LogP contribution in [0.2, 0.25) is 0 Å². The molecule has 0 aliphatic heterocycles. The minimum atomic E-state index is 0.547. The lowest BCUT2D eigenvalue weighted by Crippen LogP contribution is -2.02. The average Bonchev–Trinajstić information content (AvgIpc) is 4.01. The third kappa shape index (κ3) is 5.19. The van der Waals surface area contributed by atoms with Crippen molar-refractivity contribution in [2.75, 3.05) is 0 Å². The Hall–Kier alpha value is -8.35. The van der Waals surface area contributed by atoms with Gasteiger partial charge in [0.05, 0.1) is 16.7 Å². The van der Waals surface area contributed by atoms with Crippen LogP contribution in [0.15, 0.2) is 203 Å². The van der Waals surface area contributed by atoms with Crippen LogP contribution >= 0.6 is 0 Å². The number of rotatable bonds is 5. The molecule has 0 N–H and O–H groups in total. The molecule has 0 saturated carbocycles. The van der Waals surface area contributed by atoms with Crippen LogP contribution in [0.4, 0.5) is 0 Å². The highest BCUT2D eigenvalue weighted by molar-refractivity contribution is 6.18. The fraction of sp³-hybridized carbons (Fsp3) is 0. The second-order valence-electron chi connectivity index (χ2n) is 15.5. The molecule has 13 aromatic rings. The second kappa shape index (κ2) is 13.1. The van der Waals surface area contributed by atoms with Crippen molar-refractivity contribution >= 4 is 76.5 Å². The Morgan fingerprint density at radius 2 is 0.934 bits per heavy atom. The summed E-state index contributed by atoms with van der Waals surface area (Å²) in [5, 5.41) is 8.65. The van der Waals surface area contributed by atoms with Crippen LogP contribution in [0.1, 0.15) is 0 Å². The minimum absolute atomic E-state index is 0.547. The van der Waals surface area contributed by atoms with Gasteiger partial charge in [-0.3, -0.25) is 0 Å². The normalized spacial score (nSPS) is 11.9. The first kappa shape index (κ1) is 33.6. The molecule has 13 rings (SSSR count). The van der Waals surface area contributed by atoms with Crippen molar-refractivity contribution < 1.29 is 8.83 Å². The lowest BCUT2D eigenvalue weighted by molar-refractivity contribution is 0.666. The van der Waals surface area contributed by atoms with Crippen LogP contribution in [0.5, 0.6) is 0 Å². The summed E-state index contributed by atoms with van der Waals surface area (Å²) < 4.78 is 15.6. The van der Waals surface area contributed by atoms with Crippen LogP contribution in [-0.2, 0) is 0 Å². The van der Waals surface area contributed by atoms with E-state index in [4.69, 9.17) is 23.8 Å². The zero-order chi connectivity index (χ0) is 40.0. The smallest absolute Gasteiger partial charge is 0.164 e. The molecule has 9 aromatic carbocycles. The largest absolute Gasteiger partial charge is 0.456 e. The van der Waals surface area contributed by atoms with Gasteiger partial charge in [0.2, 0.25) is 0 Å². The summed E-state index contributed by atoms with van der Waals surface area (Å²) in [6, 6.07) is 67.3. The molecule has 6 heteroatoms. The van der Waals surface area contributed by atoms with Crippen LogP contribution in [0.25, 0.3) is 127 Å². The maximum atomic E-state index is 6.94. The van der Waals surface area contributed by atoms with Gasteiger partial charge < -0.3 is 13.4 Å². The summed E-state index contributed by atoms with van der Waals surface area (Å²) >= 11 is 0. The second-order valence-corrected chi connectivity index (χ2v) is 15.5. The maximum absolute atomic E-state index is 6.94. The molecule has 0 spiro atoms. The Morgan fingerprint density at radius 3 is 1.75 bits per heavy atom. The molecule has 0 atom stereocenters. The molecule has 0 saturated heterocycles. The first-order valence-electron chi connectivity index (χ1n) is 20.4. The molecule has 4 heterocycles. The number of para-hydroxylation sites is 3. The van der Waals surface area contributed by atoms with E-state index in [0.717, 1.165) is 88.4 Å². The topological polar surface area (TPSA) is 69.9 Å². The zero-order valence-electron chi connectivity index (χ0n) is 32.6. The van der Waals surface area contributed by atoms with Crippen molar-refractivity contribution in [3.8, 4) is 51.0 Å². The number of hydrogen-bond donors (Lipinski definition) is 0. The van der Waals surface area contributed by atoms with E-state index in [1.165, 1.54) is 21.5 Å². The van der Waals surface area contributed by atoms with E-state index in [-0.39, 0.29) is 0 Å². The summed E-state index contributed by atoms with van der Waals surface area (Å²) in [7, 11) is 0. The molecule has 284 valence electrons. The van der Waals surface area contributed by atoms with Crippen molar-refractivity contribution in [2.45, 2.75) is 0 Å². The SMILES string of the molecule is c1ccc(-c2cccc(-c3nc(-c4cccc5oc6ccccc6c45)nc(-c4ccc(-n5c6ccccc6c6cc7ccccc7cc65)c5oc6ccccc6c45)n3)c2)cc1. The molecular weight excluding hydrogens is 749 g/mol. The van der Waals surface area contributed by atoms with Gasteiger partial charge in [-0.15, -0.1) is 0 Å². The van der Waals surface area contributed by atoms with Gasteiger partial charge in [-0.2, -0.15) is 0 Å². The zero-order valence-corrected chi connectivity index (χ0v) is 32.6. The van der Waals surface area contributed by atoms with E-state index >= 15 is 0 Å². The van der Waals surface area contributed by atoms with Crippen molar-refractivity contribution in [3.05, 3.63) is 194 Å². The fourth-order valence-electron chi connectivity index (χ4n) is 9.27. The van der Waals surface area contributed by atoms with Crippen molar-refractivity contribution in [3.63, 3.8) is 0 Å². The van der Waals surface area contributed by atoms with Gasteiger partial charge >= 0.3 is 0 Å². The van der Waals surface area contributed by atoms with E-state index in [1.54, 1.807) is 0 Å². The number of aromatic nitrogens is 4. The van der Waals surface area contributed by atoms with Crippen molar-refractivity contribution in [1.29, 1.82) is 0 Å². The lowest BCUT2D eigenvalue weighted by atomic mass is 10.0. The van der Waals surface area contributed by atoms with E-state index in [9.17, 15) is 0 Å². The third-order valence-electron chi connectivity index (χ3n) is 12.0. The number of furan rings is 2. The molecule has 0 fully saturated rings. The summed E-state index contributed by atoms with van der Waals surface area (Å²) in [5.74, 6) is 1.68. The highest BCUT2D eigenvalue weighted by atomic mass is 16.3. The number of nitrogens with zero attached hydrogens (tertiary/aromatic N) is 4. The monoisotopic (exact) mass is 780 g/mol. The molecular formula is C55H32N4O2. The standard InChI is InChI=1S/C55H32N4O2/c1-2-14-33(15-3-1)34-18-12-19-37(30-34)53-56-54(41-23-13-27-49-50(41)39-21-7-10-25-47(39)60-49)58-55(57-53)42-28-29-45(52-51(42)40-22-8-11-26-48(40)61-52)59-44-24-9-6-20-38(44)43-31-35-16-4-5-17-36(35)32-46(43)59/h1-32H. The fourth-order valence-corrected chi connectivity index (χ4v) is 9.27. The first-order chi connectivity index (χ1) is 30.2. The molecule has 6 nitrogen and oxygen atoms in total.